The van der Waals surface area contributed by atoms with E-state index >= 15 is 0 Å². The highest BCUT2D eigenvalue weighted by molar-refractivity contribution is 7.80. The Bertz CT molecular complexity index is 237. The molecule has 0 aliphatic heterocycles. The van der Waals surface area contributed by atoms with Crippen LogP contribution in [0.25, 0.3) is 0 Å². The highest BCUT2D eigenvalue weighted by Gasteiger charge is 1.98. The molecule has 0 bridgehead atoms. The summed E-state index contributed by atoms with van der Waals surface area (Å²) in [6.45, 7) is 2.04. The van der Waals surface area contributed by atoms with E-state index in [-0.39, 0.29) is 0 Å². The van der Waals surface area contributed by atoms with Crippen molar-refractivity contribution in [1.29, 1.82) is 0 Å². The average molecular weight is 155 g/mol. The van der Waals surface area contributed by atoms with Gasteiger partial charge in [-0.1, -0.05) is 19.6 Å². The Morgan fingerprint density at radius 3 is 2.90 bits per heavy atom. The third-order valence-electron chi connectivity index (χ3n) is 1.37. The largest absolute Gasteiger partial charge is 0.618 e. The number of pyridine rings is 1. The van der Waals surface area contributed by atoms with Crippen molar-refractivity contribution in [3.05, 3.63) is 29.1 Å². The second-order valence-corrected chi connectivity index (χ2v) is 2.53. The predicted molar refractivity (Wildman–Crippen MR) is 42.0 cm³/mol. The topological polar surface area (TPSA) is 26.9 Å². The van der Waals surface area contributed by atoms with Crippen LogP contribution in [0.1, 0.15) is 12.5 Å². The predicted octanol–water partition coefficient (Wildman–Crippen LogP) is 1.17. The maximum atomic E-state index is 10.7. The van der Waals surface area contributed by atoms with Crippen molar-refractivity contribution in [2.24, 2.45) is 0 Å². The van der Waals surface area contributed by atoms with Crippen molar-refractivity contribution < 1.29 is 4.73 Å². The number of thiol groups is 1. The molecule has 0 saturated carbocycles. The van der Waals surface area contributed by atoms with Gasteiger partial charge in [0.05, 0.1) is 0 Å². The number of hydrogen-bond acceptors (Lipinski definition) is 2. The zero-order chi connectivity index (χ0) is 7.56. The van der Waals surface area contributed by atoms with E-state index < -0.39 is 0 Å². The molecular weight excluding hydrogens is 146 g/mol. The van der Waals surface area contributed by atoms with Crippen LogP contribution in [0.4, 0.5) is 0 Å². The molecule has 1 rings (SSSR count). The number of hydrogen-bond donors (Lipinski definition) is 1. The molecule has 0 radical (unpaired) electrons. The second-order valence-electron chi connectivity index (χ2n) is 2.07. The third-order valence-corrected chi connectivity index (χ3v) is 1.70. The number of aryl methyl sites for hydroxylation is 1. The van der Waals surface area contributed by atoms with Crippen molar-refractivity contribution in [3.63, 3.8) is 0 Å². The smallest absolute Gasteiger partial charge is 0.248 e. The Kier molecular flexibility index (Phi) is 2.17. The minimum absolute atomic E-state index is 0.458. The third kappa shape index (κ3) is 1.42. The standard InChI is InChI=1S/C7H9NOS/c1-2-6-3-4-8(9)7(10)5-6/h3-5,10H,2H2,1H3. The van der Waals surface area contributed by atoms with Gasteiger partial charge in [0.1, 0.15) is 0 Å². The fourth-order valence-corrected chi connectivity index (χ4v) is 0.970. The lowest BCUT2D eigenvalue weighted by molar-refractivity contribution is -0.645. The van der Waals surface area contributed by atoms with Gasteiger partial charge in [-0.05, 0) is 12.0 Å². The van der Waals surface area contributed by atoms with Crippen LogP contribution >= 0.6 is 12.6 Å². The van der Waals surface area contributed by atoms with Crippen molar-refractivity contribution in [3.8, 4) is 0 Å². The Morgan fingerprint density at radius 2 is 2.40 bits per heavy atom. The second kappa shape index (κ2) is 2.92. The molecule has 0 aliphatic carbocycles. The molecule has 1 aromatic heterocycles. The lowest BCUT2D eigenvalue weighted by Gasteiger charge is -1.99. The molecule has 0 unspecified atom stereocenters. The van der Waals surface area contributed by atoms with Gasteiger partial charge in [-0.25, -0.2) is 0 Å². The molecule has 0 saturated heterocycles. The van der Waals surface area contributed by atoms with Gasteiger partial charge in [0.2, 0.25) is 5.03 Å². The summed E-state index contributed by atoms with van der Waals surface area (Å²) in [5.74, 6) is 0. The first-order valence-electron chi connectivity index (χ1n) is 3.15. The first-order valence-corrected chi connectivity index (χ1v) is 3.60. The van der Waals surface area contributed by atoms with E-state index in [0.717, 1.165) is 16.7 Å². The Labute approximate surface area is 65.5 Å². The van der Waals surface area contributed by atoms with Crippen molar-refractivity contribution in [2.45, 2.75) is 18.4 Å². The van der Waals surface area contributed by atoms with E-state index in [1.807, 2.05) is 6.92 Å². The molecule has 1 aromatic rings. The van der Waals surface area contributed by atoms with Gasteiger partial charge >= 0.3 is 0 Å². The lowest BCUT2D eigenvalue weighted by atomic mass is 10.2. The zero-order valence-corrected chi connectivity index (χ0v) is 6.64. The molecule has 0 atom stereocenters. The van der Waals surface area contributed by atoms with E-state index in [1.54, 1.807) is 12.1 Å². The molecule has 0 fully saturated rings. The van der Waals surface area contributed by atoms with Gasteiger partial charge < -0.3 is 5.21 Å². The van der Waals surface area contributed by atoms with Crippen LogP contribution in [0, 0.1) is 5.21 Å². The molecule has 0 aromatic carbocycles. The monoisotopic (exact) mass is 155 g/mol. The minimum atomic E-state index is 0.458. The summed E-state index contributed by atoms with van der Waals surface area (Å²) in [5, 5.41) is 11.2. The van der Waals surface area contributed by atoms with Crippen LogP contribution in [0.2, 0.25) is 0 Å². The fraction of sp³-hybridized carbons (Fsp3) is 0.286. The lowest BCUT2D eigenvalue weighted by Crippen LogP contribution is -2.27. The average Bonchev–Trinajstić information content (AvgIpc) is 1.95. The first kappa shape index (κ1) is 7.41. The van der Waals surface area contributed by atoms with Crippen molar-refractivity contribution >= 4 is 12.6 Å². The fourth-order valence-electron chi connectivity index (χ4n) is 0.737. The van der Waals surface area contributed by atoms with Crippen LogP contribution in [-0.2, 0) is 6.42 Å². The van der Waals surface area contributed by atoms with Gasteiger partial charge in [0, 0.05) is 12.1 Å². The molecule has 0 aliphatic rings. The molecule has 0 spiro atoms. The first-order chi connectivity index (χ1) is 4.74. The van der Waals surface area contributed by atoms with Gasteiger partial charge in [0.25, 0.3) is 0 Å². The summed E-state index contributed by atoms with van der Waals surface area (Å²) in [6, 6.07) is 3.57. The molecule has 0 amide bonds. The van der Waals surface area contributed by atoms with Crippen LogP contribution in [0.5, 0.6) is 0 Å². The van der Waals surface area contributed by atoms with E-state index in [4.69, 9.17) is 0 Å². The molecule has 2 nitrogen and oxygen atoms in total. The number of nitrogens with zero attached hydrogens (tertiary/aromatic N) is 1. The number of aromatic nitrogens is 1. The maximum Gasteiger partial charge on any atom is 0.248 e. The molecule has 0 N–H and O–H groups in total. The van der Waals surface area contributed by atoms with Crippen LogP contribution < -0.4 is 4.73 Å². The minimum Gasteiger partial charge on any atom is -0.618 e. The quantitative estimate of drug-likeness (QED) is 0.368. The Morgan fingerprint density at radius 1 is 1.70 bits per heavy atom. The number of rotatable bonds is 1. The maximum absolute atomic E-state index is 10.7. The van der Waals surface area contributed by atoms with Gasteiger partial charge in [-0.15, -0.1) is 0 Å². The summed E-state index contributed by atoms with van der Waals surface area (Å²) < 4.78 is 0.738. The van der Waals surface area contributed by atoms with Crippen LogP contribution in [0.15, 0.2) is 23.4 Å². The summed E-state index contributed by atoms with van der Waals surface area (Å²) in [5.41, 5.74) is 1.14. The van der Waals surface area contributed by atoms with E-state index in [9.17, 15) is 5.21 Å². The van der Waals surface area contributed by atoms with E-state index in [1.165, 1.54) is 6.20 Å². The SMILES string of the molecule is CCc1cc[n+]([O-])c(S)c1. The summed E-state index contributed by atoms with van der Waals surface area (Å²) in [4.78, 5) is 0. The molecular formula is C7H9NOS. The van der Waals surface area contributed by atoms with E-state index in [2.05, 4.69) is 12.6 Å². The molecule has 10 heavy (non-hydrogen) atoms. The van der Waals surface area contributed by atoms with Gasteiger partial charge in [-0.2, -0.15) is 4.73 Å². The van der Waals surface area contributed by atoms with Crippen molar-refractivity contribution in [1.82, 2.24) is 0 Å². The summed E-state index contributed by atoms with van der Waals surface area (Å²) >= 11 is 3.97. The van der Waals surface area contributed by atoms with Gasteiger partial charge in [-0.3, -0.25) is 0 Å². The molecule has 54 valence electrons. The van der Waals surface area contributed by atoms with Gasteiger partial charge in [0.15, 0.2) is 6.20 Å². The molecule has 3 heteroatoms. The van der Waals surface area contributed by atoms with Crippen LogP contribution in [0.3, 0.4) is 0 Å². The normalized spacial score (nSPS) is 9.80. The summed E-state index contributed by atoms with van der Waals surface area (Å²) in [7, 11) is 0. The zero-order valence-electron chi connectivity index (χ0n) is 5.74. The molecule has 1 heterocycles. The van der Waals surface area contributed by atoms with Crippen molar-refractivity contribution in [2.75, 3.05) is 0 Å². The highest BCUT2D eigenvalue weighted by atomic mass is 32.1. The van der Waals surface area contributed by atoms with Crippen LogP contribution in [-0.4, -0.2) is 0 Å². The highest BCUT2D eigenvalue weighted by Crippen LogP contribution is 2.03. The van der Waals surface area contributed by atoms with E-state index in [0.29, 0.717) is 5.03 Å². The Balaban J connectivity index is 3.04. The summed E-state index contributed by atoms with van der Waals surface area (Å²) in [6.07, 6.45) is 2.41. The Hall–Kier alpha value is -0.700.